The quantitative estimate of drug-likeness (QED) is 0.795. The fraction of sp³-hybridized carbons (Fsp3) is 0.692. The van der Waals surface area contributed by atoms with Crippen LogP contribution in [-0.4, -0.2) is 69.2 Å². The molecule has 0 amide bonds. The van der Waals surface area contributed by atoms with E-state index in [1.54, 1.807) is 19.0 Å². The van der Waals surface area contributed by atoms with Gasteiger partial charge in [-0.05, 0) is 6.42 Å². The molecule has 1 aliphatic rings. The summed E-state index contributed by atoms with van der Waals surface area (Å²) >= 11 is 0. The van der Waals surface area contributed by atoms with Crippen molar-refractivity contribution in [2.45, 2.75) is 12.6 Å². The topological polar surface area (TPSA) is 69.6 Å². The van der Waals surface area contributed by atoms with Gasteiger partial charge in [0.1, 0.15) is 5.82 Å². The van der Waals surface area contributed by atoms with Gasteiger partial charge in [0.25, 0.3) is 0 Å². The molecule has 136 valence electrons. The van der Waals surface area contributed by atoms with Gasteiger partial charge in [0, 0.05) is 46.3 Å². The van der Waals surface area contributed by atoms with E-state index in [9.17, 15) is 21.6 Å². The average molecular weight is 367 g/mol. The van der Waals surface area contributed by atoms with Crippen molar-refractivity contribution in [2.75, 3.05) is 56.3 Å². The van der Waals surface area contributed by atoms with Crippen molar-refractivity contribution >= 4 is 21.8 Å². The molecule has 0 unspecified atom stereocenters. The Bertz CT molecular complexity index is 693. The van der Waals surface area contributed by atoms with Gasteiger partial charge >= 0.3 is 6.18 Å². The van der Waals surface area contributed by atoms with Crippen LogP contribution in [0.1, 0.15) is 12.1 Å². The maximum Gasteiger partial charge on any atom is 0.433 e. The predicted molar refractivity (Wildman–Crippen MR) is 84.6 cm³/mol. The number of alkyl halides is 3. The van der Waals surface area contributed by atoms with Gasteiger partial charge in [0.15, 0.2) is 5.69 Å². The second-order valence-electron chi connectivity index (χ2n) is 5.81. The molecule has 11 heteroatoms. The minimum Gasteiger partial charge on any atom is -0.363 e. The maximum atomic E-state index is 13.1. The normalized spacial score (nSPS) is 17.7. The summed E-state index contributed by atoms with van der Waals surface area (Å²) in [5, 5.41) is 0. The van der Waals surface area contributed by atoms with E-state index in [0.717, 1.165) is 12.3 Å². The molecule has 2 heterocycles. The summed E-state index contributed by atoms with van der Waals surface area (Å²) in [6.45, 7) is 1.14. The van der Waals surface area contributed by atoms with Crippen LogP contribution in [0.5, 0.6) is 0 Å². The average Bonchev–Trinajstić information content (AvgIpc) is 2.71. The number of nitrogens with zero attached hydrogens (tertiary/aromatic N) is 5. The van der Waals surface area contributed by atoms with Gasteiger partial charge in [-0.2, -0.15) is 18.2 Å². The molecule has 0 spiro atoms. The number of aromatic nitrogens is 2. The largest absolute Gasteiger partial charge is 0.433 e. The van der Waals surface area contributed by atoms with E-state index >= 15 is 0 Å². The molecule has 2 rings (SSSR count). The fourth-order valence-corrected chi connectivity index (χ4v) is 3.24. The maximum absolute atomic E-state index is 13.1. The van der Waals surface area contributed by atoms with Crippen LogP contribution in [0.3, 0.4) is 0 Å². The van der Waals surface area contributed by atoms with E-state index in [2.05, 4.69) is 9.97 Å². The van der Waals surface area contributed by atoms with Gasteiger partial charge in [-0.15, -0.1) is 0 Å². The third-order valence-corrected chi connectivity index (χ3v) is 4.96. The highest BCUT2D eigenvalue weighted by Gasteiger charge is 2.35. The van der Waals surface area contributed by atoms with Crippen molar-refractivity contribution < 1.29 is 21.6 Å². The molecule has 1 aliphatic heterocycles. The first-order valence-corrected chi connectivity index (χ1v) is 9.17. The van der Waals surface area contributed by atoms with Gasteiger partial charge in [-0.1, -0.05) is 0 Å². The Hall–Kier alpha value is -1.62. The highest BCUT2D eigenvalue weighted by molar-refractivity contribution is 7.88. The standard InChI is InChI=1S/C13H20F3N5O2S/c1-19(2)11-9-10(13(14,15)16)17-12(18-11)20-5-4-6-21(8-7-20)24(3,22)23/h9H,4-8H2,1-3H3. The van der Waals surface area contributed by atoms with Crippen LogP contribution in [0.25, 0.3) is 0 Å². The van der Waals surface area contributed by atoms with Gasteiger partial charge in [0.05, 0.1) is 6.26 Å². The minimum absolute atomic E-state index is 0.0381. The van der Waals surface area contributed by atoms with Crippen LogP contribution in [0.15, 0.2) is 6.07 Å². The number of halogens is 3. The van der Waals surface area contributed by atoms with Crippen molar-refractivity contribution in [3.8, 4) is 0 Å². The molecule has 1 saturated heterocycles. The molecule has 0 saturated carbocycles. The van der Waals surface area contributed by atoms with Crippen molar-refractivity contribution in [3.63, 3.8) is 0 Å². The van der Waals surface area contributed by atoms with E-state index in [4.69, 9.17) is 0 Å². The number of hydrogen-bond acceptors (Lipinski definition) is 6. The van der Waals surface area contributed by atoms with Crippen LogP contribution in [0, 0.1) is 0 Å². The third-order valence-electron chi connectivity index (χ3n) is 3.66. The zero-order valence-electron chi connectivity index (χ0n) is 13.7. The lowest BCUT2D eigenvalue weighted by atomic mass is 10.3. The summed E-state index contributed by atoms with van der Waals surface area (Å²) in [5.74, 6) is 0.111. The number of sulfonamides is 1. The van der Waals surface area contributed by atoms with Crippen molar-refractivity contribution in [1.82, 2.24) is 14.3 Å². The summed E-state index contributed by atoms with van der Waals surface area (Å²) < 4.78 is 63.8. The number of hydrogen-bond donors (Lipinski definition) is 0. The Morgan fingerprint density at radius 2 is 1.79 bits per heavy atom. The molecule has 0 atom stereocenters. The molecule has 1 aromatic rings. The highest BCUT2D eigenvalue weighted by Crippen LogP contribution is 2.31. The first kappa shape index (κ1) is 18.7. The van der Waals surface area contributed by atoms with Gasteiger partial charge in [0.2, 0.25) is 16.0 Å². The molecule has 24 heavy (non-hydrogen) atoms. The summed E-state index contributed by atoms with van der Waals surface area (Å²) in [6.07, 6.45) is -2.97. The van der Waals surface area contributed by atoms with Crippen LogP contribution < -0.4 is 9.80 Å². The predicted octanol–water partition coefficient (Wildman–Crippen LogP) is 1.03. The number of rotatable bonds is 3. The lowest BCUT2D eigenvalue weighted by molar-refractivity contribution is -0.141. The zero-order chi connectivity index (χ0) is 18.1. The van der Waals surface area contributed by atoms with Crippen LogP contribution in [0.2, 0.25) is 0 Å². The van der Waals surface area contributed by atoms with Crippen molar-refractivity contribution in [1.29, 1.82) is 0 Å². The van der Waals surface area contributed by atoms with Gasteiger partial charge in [-0.25, -0.2) is 17.7 Å². The Morgan fingerprint density at radius 1 is 1.12 bits per heavy atom. The lowest BCUT2D eigenvalue weighted by Crippen LogP contribution is -2.35. The van der Waals surface area contributed by atoms with Crippen molar-refractivity contribution in [2.24, 2.45) is 0 Å². The summed E-state index contributed by atoms with van der Waals surface area (Å²) in [6, 6.07) is 0.893. The van der Waals surface area contributed by atoms with E-state index in [1.165, 1.54) is 9.21 Å². The first-order chi connectivity index (χ1) is 11.0. The second-order valence-corrected chi connectivity index (χ2v) is 7.79. The van der Waals surface area contributed by atoms with Crippen LogP contribution in [0.4, 0.5) is 24.9 Å². The summed E-state index contributed by atoms with van der Waals surface area (Å²) in [4.78, 5) is 10.9. The van der Waals surface area contributed by atoms with Gasteiger partial charge < -0.3 is 9.80 Å². The van der Waals surface area contributed by atoms with E-state index < -0.39 is 21.9 Å². The SMILES string of the molecule is CN(C)c1cc(C(F)(F)F)nc(N2CCCN(S(C)(=O)=O)CC2)n1. The first-order valence-electron chi connectivity index (χ1n) is 7.32. The van der Waals surface area contributed by atoms with E-state index in [-0.39, 0.29) is 24.9 Å². The molecule has 0 aliphatic carbocycles. The van der Waals surface area contributed by atoms with E-state index in [1.807, 2.05) is 0 Å². The lowest BCUT2D eigenvalue weighted by Gasteiger charge is -2.23. The monoisotopic (exact) mass is 367 g/mol. The Kier molecular flexibility index (Phi) is 5.23. The smallest absolute Gasteiger partial charge is 0.363 e. The molecule has 7 nitrogen and oxygen atoms in total. The molecule has 1 fully saturated rings. The second kappa shape index (κ2) is 6.71. The Balaban J connectivity index is 2.32. The third kappa shape index (κ3) is 4.47. The molecular formula is C13H20F3N5O2S. The Labute approximate surface area is 139 Å². The highest BCUT2D eigenvalue weighted by atomic mass is 32.2. The molecule has 0 bridgehead atoms. The molecule has 0 aromatic carbocycles. The molecular weight excluding hydrogens is 347 g/mol. The molecule has 0 radical (unpaired) electrons. The molecule has 1 aromatic heterocycles. The fourth-order valence-electron chi connectivity index (χ4n) is 2.36. The Morgan fingerprint density at radius 3 is 2.33 bits per heavy atom. The van der Waals surface area contributed by atoms with Crippen LogP contribution in [-0.2, 0) is 16.2 Å². The van der Waals surface area contributed by atoms with E-state index in [0.29, 0.717) is 19.5 Å². The van der Waals surface area contributed by atoms with Crippen molar-refractivity contribution in [3.05, 3.63) is 11.8 Å². The van der Waals surface area contributed by atoms with Crippen LogP contribution >= 0.6 is 0 Å². The van der Waals surface area contributed by atoms with Gasteiger partial charge in [-0.3, -0.25) is 0 Å². The minimum atomic E-state index is -4.58. The number of anilines is 2. The summed E-state index contributed by atoms with van der Waals surface area (Å²) in [7, 11) is -0.136. The molecule has 0 N–H and O–H groups in total. The summed E-state index contributed by atoms with van der Waals surface area (Å²) in [5.41, 5.74) is -1.01. The zero-order valence-corrected chi connectivity index (χ0v) is 14.5.